The first kappa shape index (κ1) is 9.35. The number of rotatable bonds is 4. The van der Waals surface area contributed by atoms with E-state index < -0.39 is 0 Å². The normalized spacial score (nSPS) is 10.4. The molecule has 0 radical (unpaired) electrons. The van der Waals surface area contributed by atoms with E-state index in [-0.39, 0.29) is 0 Å². The maximum Gasteiger partial charge on any atom is 0.175 e. The predicted octanol–water partition coefficient (Wildman–Crippen LogP) is 2.76. The Kier molecular flexibility index (Phi) is 4.25. The summed E-state index contributed by atoms with van der Waals surface area (Å²) in [4.78, 5) is 0. The Balaban J connectivity index is 2.51. The molecule has 5 heteroatoms. The summed E-state index contributed by atoms with van der Waals surface area (Å²) in [6.45, 7) is 4.25. The van der Waals surface area contributed by atoms with Gasteiger partial charge in [-0.25, -0.2) is 0 Å². The molecule has 1 aromatic heterocycles. The second-order valence-electron chi connectivity index (χ2n) is 1.70. The molecule has 0 fully saturated rings. The number of hydrogen-bond acceptors (Lipinski definition) is 5. The van der Waals surface area contributed by atoms with Gasteiger partial charge in [0.1, 0.15) is 0 Å². The van der Waals surface area contributed by atoms with Crippen LogP contribution in [0.4, 0.5) is 0 Å². The van der Waals surface area contributed by atoms with Crippen LogP contribution in [0, 0.1) is 0 Å². The SMILES string of the molecule is CCSc1nnc(SCC)s1. The number of aromatic nitrogens is 2. The molecule has 1 aromatic rings. The standard InChI is InChI=1S/C6H10N2S3/c1-3-9-5-7-8-6(11-5)10-4-2/h3-4H2,1-2H3. The summed E-state index contributed by atoms with van der Waals surface area (Å²) in [5.74, 6) is 2.15. The van der Waals surface area contributed by atoms with Gasteiger partial charge in [0.15, 0.2) is 8.68 Å². The topological polar surface area (TPSA) is 25.8 Å². The van der Waals surface area contributed by atoms with Crippen molar-refractivity contribution in [3.8, 4) is 0 Å². The molecule has 0 amide bonds. The summed E-state index contributed by atoms with van der Waals surface area (Å²) in [6.07, 6.45) is 0. The van der Waals surface area contributed by atoms with E-state index in [4.69, 9.17) is 0 Å². The van der Waals surface area contributed by atoms with E-state index in [1.54, 1.807) is 34.9 Å². The minimum absolute atomic E-state index is 1.07. The zero-order chi connectivity index (χ0) is 8.10. The summed E-state index contributed by atoms with van der Waals surface area (Å²) in [5, 5.41) is 8.07. The van der Waals surface area contributed by atoms with Gasteiger partial charge in [-0.3, -0.25) is 0 Å². The van der Waals surface area contributed by atoms with Crippen LogP contribution in [-0.2, 0) is 0 Å². The molecule has 0 unspecified atom stereocenters. The Hall–Kier alpha value is 0.260. The van der Waals surface area contributed by atoms with Crippen molar-refractivity contribution < 1.29 is 0 Å². The minimum Gasteiger partial charge on any atom is -0.131 e. The average Bonchev–Trinajstić information content (AvgIpc) is 2.38. The molecule has 0 atom stereocenters. The molecule has 1 heterocycles. The number of thioether (sulfide) groups is 2. The molecule has 62 valence electrons. The van der Waals surface area contributed by atoms with Crippen LogP contribution in [0.25, 0.3) is 0 Å². The van der Waals surface area contributed by atoms with Gasteiger partial charge in [0.05, 0.1) is 0 Å². The highest BCUT2D eigenvalue weighted by atomic mass is 32.2. The van der Waals surface area contributed by atoms with Gasteiger partial charge in [-0.15, -0.1) is 10.2 Å². The number of hydrogen-bond donors (Lipinski definition) is 0. The van der Waals surface area contributed by atoms with Gasteiger partial charge < -0.3 is 0 Å². The van der Waals surface area contributed by atoms with Crippen molar-refractivity contribution in [2.45, 2.75) is 22.5 Å². The lowest BCUT2D eigenvalue weighted by molar-refractivity contribution is 0.955. The van der Waals surface area contributed by atoms with Gasteiger partial charge in [0, 0.05) is 0 Å². The van der Waals surface area contributed by atoms with E-state index in [0.717, 1.165) is 20.2 Å². The van der Waals surface area contributed by atoms with Gasteiger partial charge in [-0.1, -0.05) is 48.7 Å². The van der Waals surface area contributed by atoms with E-state index in [1.165, 1.54) is 0 Å². The van der Waals surface area contributed by atoms with Gasteiger partial charge in [-0.2, -0.15) is 0 Å². The molecule has 2 nitrogen and oxygen atoms in total. The van der Waals surface area contributed by atoms with E-state index in [1.807, 2.05) is 0 Å². The Morgan fingerprint density at radius 3 is 1.91 bits per heavy atom. The third-order valence-corrected chi connectivity index (χ3v) is 3.88. The molecule has 0 saturated heterocycles. The monoisotopic (exact) mass is 206 g/mol. The zero-order valence-electron chi connectivity index (χ0n) is 6.53. The highest BCUT2D eigenvalue weighted by Crippen LogP contribution is 2.27. The second-order valence-corrected chi connectivity index (χ2v) is 5.70. The molecule has 0 N–H and O–H groups in total. The Labute approximate surface area is 79.2 Å². The predicted molar refractivity (Wildman–Crippen MR) is 52.7 cm³/mol. The molecular formula is C6H10N2S3. The molecule has 0 aliphatic heterocycles. The maximum absolute atomic E-state index is 4.04. The van der Waals surface area contributed by atoms with Crippen molar-refractivity contribution in [1.82, 2.24) is 10.2 Å². The van der Waals surface area contributed by atoms with Crippen LogP contribution < -0.4 is 0 Å². The minimum atomic E-state index is 1.07. The van der Waals surface area contributed by atoms with Crippen molar-refractivity contribution >= 4 is 34.9 Å². The van der Waals surface area contributed by atoms with Crippen LogP contribution >= 0.6 is 34.9 Å². The molecule has 0 aliphatic rings. The smallest absolute Gasteiger partial charge is 0.131 e. The molecule has 0 aliphatic carbocycles. The van der Waals surface area contributed by atoms with Gasteiger partial charge >= 0.3 is 0 Å². The van der Waals surface area contributed by atoms with Crippen LogP contribution in [0.3, 0.4) is 0 Å². The zero-order valence-corrected chi connectivity index (χ0v) is 8.98. The molecule has 0 spiro atoms. The fraction of sp³-hybridized carbons (Fsp3) is 0.667. The van der Waals surface area contributed by atoms with Crippen molar-refractivity contribution in [2.24, 2.45) is 0 Å². The largest absolute Gasteiger partial charge is 0.175 e. The van der Waals surface area contributed by atoms with E-state index in [9.17, 15) is 0 Å². The quantitative estimate of drug-likeness (QED) is 0.708. The highest BCUT2D eigenvalue weighted by Gasteiger charge is 2.01. The van der Waals surface area contributed by atoms with Gasteiger partial charge in [-0.05, 0) is 11.5 Å². The summed E-state index contributed by atoms with van der Waals surface area (Å²) in [6, 6.07) is 0. The summed E-state index contributed by atoms with van der Waals surface area (Å²) in [7, 11) is 0. The third kappa shape index (κ3) is 3.01. The molecule has 0 saturated carbocycles. The van der Waals surface area contributed by atoms with Crippen LogP contribution in [0.2, 0.25) is 0 Å². The van der Waals surface area contributed by atoms with Crippen LogP contribution in [0.15, 0.2) is 8.68 Å². The van der Waals surface area contributed by atoms with Gasteiger partial charge in [0.25, 0.3) is 0 Å². The Morgan fingerprint density at radius 1 is 1.09 bits per heavy atom. The first-order valence-corrected chi connectivity index (χ1v) is 6.24. The third-order valence-electron chi connectivity index (χ3n) is 0.924. The van der Waals surface area contributed by atoms with Gasteiger partial charge in [0.2, 0.25) is 0 Å². The lowest BCUT2D eigenvalue weighted by Crippen LogP contribution is -1.72. The molecule has 1 rings (SSSR count). The molecule has 0 aromatic carbocycles. The summed E-state index contributed by atoms with van der Waals surface area (Å²) < 4.78 is 2.17. The number of nitrogens with zero attached hydrogens (tertiary/aromatic N) is 2. The van der Waals surface area contributed by atoms with Crippen molar-refractivity contribution in [3.63, 3.8) is 0 Å². The second kappa shape index (κ2) is 5.00. The summed E-state index contributed by atoms with van der Waals surface area (Å²) in [5.41, 5.74) is 0. The Morgan fingerprint density at radius 2 is 1.55 bits per heavy atom. The maximum atomic E-state index is 4.04. The lowest BCUT2D eigenvalue weighted by Gasteiger charge is -1.85. The van der Waals surface area contributed by atoms with Crippen LogP contribution in [0.5, 0.6) is 0 Å². The van der Waals surface area contributed by atoms with Crippen molar-refractivity contribution in [1.29, 1.82) is 0 Å². The summed E-state index contributed by atoms with van der Waals surface area (Å²) >= 11 is 5.19. The van der Waals surface area contributed by atoms with E-state index in [2.05, 4.69) is 24.0 Å². The first-order valence-electron chi connectivity index (χ1n) is 3.46. The van der Waals surface area contributed by atoms with E-state index in [0.29, 0.717) is 0 Å². The van der Waals surface area contributed by atoms with Crippen molar-refractivity contribution in [3.05, 3.63) is 0 Å². The Bertz CT molecular complexity index is 191. The van der Waals surface area contributed by atoms with Crippen LogP contribution in [0.1, 0.15) is 13.8 Å². The fourth-order valence-corrected chi connectivity index (χ4v) is 3.37. The molecule has 11 heavy (non-hydrogen) atoms. The molecule has 0 bridgehead atoms. The van der Waals surface area contributed by atoms with Crippen molar-refractivity contribution in [2.75, 3.05) is 11.5 Å². The van der Waals surface area contributed by atoms with Crippen LogP contribution in [-0.4, -0.2) is 21.7 Å². The first-order chi connectivity index (χ1) is 5.36. The fourth-order valence-electron chi connectivity index (χ4n) is 0.561. The van der Waals surface area contributed by atoms with E-state index >= 15 is 0 Å². The average molecular weight is 206 g/mol. The highest BCUT2D eigenvalue weighted by molar-refractivity contribution is 8.03. The molecular weight excluding hydrogens is 196 g/mol. The lowest BCUT2D eigenvalue weighted by atomic mass is 11.0.